The monoisotopic (exact) mass is 279 g/mol. The fourth-order valence-corrected chi connectivity index (χ4v) is 2.74. The van der Waals surface area contributed by atoms with E-state index in [4.69, 9.17) is 15.2 Å². The molecule has 1 aliphatic rings. The van der Waals surface area contributed by atoms with Gasteiger partial charge in [0.2, 0.25) is 0 Å². The van der Waals surface area contributed by atoms with Gasteiger partial charge < -0.3 is 20.3 Å². The van der Waals surface area contributed by atoms with Gasteiger partial charge in [-0.3, -0.25) is 0 Å². The maximum absolute atomic E-state index is 9.64. The summed E-state index contributed by atoms with van der Waals surface area (Å²) in [6.07, 6.45) is 2.32. The number of aliphatic hydroxyl groups is 1. The van der Waals surface area contributed by atoms with Crippen LogP contribution in [0.1, 0.15) is 32.3 Å². The highest BCUT2D eigenvalue weighted by Crippen LogP contribution is 2.24. The van der Waals surface area contributed by atoms with Crippen molar-refractivity contribution in [3.05, 3.63) is 35.9 Å². The van der Waals surface area contributed by atoms with E-state index in [0.717, 1.165) is 18.4 Å². The fourth-order valence-electron chi connectivity index (χ4n) is 2.74. The Morgan fingerprint density at radius 3 is 2.40 bits per heavy atom. The molecule has 20 heavy (non-hydrogen) atoms. The molecule has 1 aromatic carbocycles. The number of nitrogens with two attached hydrogens (primary N) is 1. The summed E-state index contributed by atoms with van der Waals surface area (Å²) in [6, 6.07) is 9.63. The molecule has 0 radical (unpaired) electrons. The molecular weight excluding hydrogens is 254 g/mol. The Morgan fingerprint density at radius 1 is 1.25 bits per heavy atom. The fraction of sp³-hybridized carbons (Fsp3) is 0.625. The average molecular weight is 279 g/mol. The van der Waals surface area contributed by atoms with Crippen LogP contribution in [0.25, 0.3) is 0 Å². The molecule has 1 aliphatic heterocycles. The largest absolute Gasteiger partial charge is 0.394 e. The van der Waals surface area contributed by atoms with Crippen molar-refractivity contribution in [3.8, 4) is 0 Å². The van der Waals surface area contributed by atoms with Crippen LogP contribution >= 0.6 is 0 Å². The number of hydrogen-bond acceptors (Lipinski definition) is 4. The minimum atomic E-state index is -0.841. The predicted octanol–water partition coefficient (Wildman–Crippen LogP) is 1.81. The first-order valence-corrected chi connectivity index (χ1v) is 7.26. The van der Waals surface area contributed by atoms with Crippen LogP contribution in [0.15, 0.2) is 30.3 Å². The second kappa shape index (κ2) is 6.68. The normalized spacial score (nSPS) is 29.9. The summed E-state index contributed by atoms with van der Waals surface area (Å²) in [5.41, 5.74) is 6.36. The lowest BCUT2D eigenvalue weighted by Gasteiger charge is -2.35. The molecule has 4 heteroatoms. The van der Waals surface area contributed by atoms with E-state index in [1.165, 1.54) is 0 Å². The van der Waals surface area contributed by atoms with Gasteiger partial charge in [0.05, 0.1) is 37.1 Å². The minimum Gasteiger partial charge on any atom is -0.394 e. The van der Waals surface area contributed by atoms with Crippen LogP contribution in [-0.4, -0.2) is 36.6 Å². The van der Waals surface area contributed by atoms with E-state index in [9.17, 15) is 5.11 Å². The van der Waals surface area contributed by atoms with Gasteiger partial charge in [0, 0.05) is 0 Å². The highest BCUT2D eigenvalue weighted by molar-refractivity contribution is 5.24. The van der Waals surface area contributed by atoms with E-state index in [2.05, 4.69) is 13.8 Å². The standard InChI is InChI=1S/C16H25NO3/c1-12-8-15(9-13(2)20-12)19-11-16(17,10-18)14-6-4-3-5-7-14/h3-7,12-13,15,18H,8-11,17H2,1-2H3. The topological polar surface area (TPSA) is 64.7 Å². The third-order valence-corrected chi connectivity index (χ3v) is 3.86. The minimum absolute atomic E-state index is 0.134. The van der Waals surface area contributed by atoms with Crippen molar-refractivity contribution in [2.45, 2.75) is 50.5 Å². The Hall–Kier alpha value is -0.940. The molecular formula is C16H25NO3. The zero-order valence-electron chi connectivity index (χ0n) is 12.3. The lowest BCUT2D eigenvalue weighted by atomic mass is 9.92. The second-order valence-corrected chi connectivity index (χ2v) is 5.84. The number of hydrogen-bond donors (Lipinski definition) is 2. The number of rotatable bonds is 5. The lowest BCUT2D eigenvalue weighted by Crippen LogP contribution is -2.47. The van der Waals surface area contributed by atoms with Crippen LogP contribution in [0.5, 0.6) is 0 Å². The summed E-state index contributed by atoms with van der Waals surface area (Å²) in [6.45, 7) is 4.30. The molecule has 3 atom stereocenters. The van der Waals surface area contributed by atoms with Gasteiger partial charge in [-0.25, -0.2) is 0 Å². The van der Waals surface area contributed by atoms with Gasteiger partial charge in [0.25, 0.3) is 0 Å². The molecule has 1 saturated heterocycles. The number of benzene rings is 1. The van der Waals surface area contributed by atoms with Gasteiger partial charge in [-0.15, -0.1) is 0 Å². The molecule has 0 aromatic heterocycles. The van der Waals surface area contributed by atoms with Crippen molar-refractivity contribution >= 4 is 0 Å². The molecule has 0 aliphatic carbocycles. The van der Waals surface area contributed by atoms with E-state index in [1.54, 1.807) is 0 Å². The van der Waals surface area contributed by atoms with Gasteiger partial charge in [-0.2, -0.15) is 0 Å². The zero-order chi connectivity index (χ0) is 14.6. The highest BCUT2D eigenvalue weighted by atomic mass is 16.5. The van der Waals surface area contributed by atoms with Crippen LogP contribution in [0, 0.1) is 0 Å². The molecule has 0 amide bonds. The molecule has 3 unspecified atom stereocenters. The molecule has 1 heterocycles. The van der Waals surface area contributed by atoms with Crippen molar-refractivity contribution in [3.63, 3.8) is 0 Å². The van der Waals surface area contributed by atoms with E-state index >= 15 is 0 Å². The van der Waals surface area contributed by atoms with Crippen LogP contribution in [0.4, 0.5) is 0 Å². The molecule has 0 bridgehead atoms. The third-order valence-electron chi connectivity index (χ3n) is 3.86. The van der Waals surface area contributed by atoms with Gasteiger partial charge in [0.1, 0.15) is 0 Å². The first-order chi connectivity index (χ1) is 9.53. The molecule has 2 rings (SSSR count). The van der Waals surface area contributed by atoms with Crippen molar-refractivity contribution in [2.75, 3.05) is 13.2 Å². The molecule has 1 aromatic rings. The smallest absolute Gasteiger partial charge is 0.0881 e. The molecule has 0 spiro atoms. The average Bonchev–Trinajstić information content (AvgIpc) is 2.45. The maximum Gasteiger partial charge on any atom is 0.0881 e. The molecule has 112 valence electrons. The van der Waals surface area contributed by atoms with Gasteiger partial charge >= 0.3 is 0 Å². The van der Waals surface area contributed by atoms with Gasteiger partial charge in [-0.05, 0) is 32.3 Å². The van der Waals surface area contributed by atoms with Crippen molar-refractivity contribution in [1.29, 1.82) is 0 Å². The van der Waals surface area contributed by atoms with Gasteiger partial charge in [0.15, 0.2) is 0 Å². The second-order valence-electron chi connectivity index (χ2n) is 5.84. The number of aliphatic hydroxyl groups excluding tert-OH is 1. The van der Waals surface area contributed by atoms with Gasteiger partial charge in [-0.1, -0.05) is 30.3 Å². The Labute approximate surface area is 120 Å². The van der Waals surface area contributed by atoms with Crippen molar-refractivity contribution in [1.82, 2.24) is 0 Å². The quantitative estimate of drug-likeness (QED) is 0.862. The maximum atomic E-state index is 9.64. The van der Waals surface area contributed by atoms with E-state index in [0.29, 0.717) is 6.61 Å². The summed E-state index contributed by atoms with van der Waals surface area (Å²) >= 11 is 0. The third kappa shape index (κ3) is 3.79. The van der Waals surface area contributed by atoms with Crippen molar-refractivity contribution in [2.24, 2.45) is 5.73 Å². The number of ether oxygens (including phenoxy) is 2. The van der Waals surface area contributed by atoms with Crippen LogP contribution in [-0.2, 0) is 15.0 Å². The molecule has 0 saturated carbocycles. The molecule has 1 fully saturated rings. The van der Waals surface area contributed by atoms with Crippen LogP contribution < -0.4 is 5.73 Å². The summed E-state index contributed by atoms with van der Waals surface area (Å²) in [4.78, 5) is 0. The predicted molar refractivity (Wildman–Crippen MR) is 78.4 cm³/mol. The molecule has 3 N–H and O–H groups in total. The Morgan fingerprint density at radius 2 is 1.85 bits per heavy atom. The summed E-state index contributed by atoms with van der Waals surface area (Å²) < 4.78 is 11.7. The van der Waals surface area contributed by atoms with E-state index < -0.39 is 5.54 Å². The van der Waals surface area contributed by atoms with Crippen LogP contribution in [0.3, 0.4) is 0 Å². The molecule has 4 nitrogen and oxygen atoms in total. The Balaban J connectivity index is 1.97. The zero-order valence-corrected chi connectivity index (χ0v) is 12.3. The van der Waals surface area contributed by atoms with E-state index in [-0.39, 0.29) is 24.9 Å². The SMILES string of the molecule is CC1CC(OCC(N)(CO)c2ccccc2)CC(C)O1. The van der Waals surface area contributed by atoms with Crippen molar-refractivity contribution < 1.29 is 14.6 Å². The first-order valence-electron chi connectivity index (χ1n) is 7.26. The first kappa shape index (κ1) is 15.4. The van der Waals surface area contributed by atoms with E-state index in [1.807, 2.05) is 30.3 Å². The lowest BCUT2D eigenvalue weighted by molar-refractivity contribution is -0.111. The summed E-state index contributed by atoms with van der Waals surface area (Å²) in [5, 5.41) is 9.64. The highest BCUT2D eigenvalue weighted by Gasteiger charge is 2.31. The Kier molecular flexibility index (Phi) is 5.16. The summed E-state index contributed by atoms with van der Waals surface area (Å²) in [5.74, 6) is 0. The summed E-state index contributed by atoms with van der Waals surface area (Å²) in [7, 11) is 0. The van der Waals surface area contributed by atoms with Crippen LogP contribution in [0.2, 0.25) is 0 Å². The Bertz CT molecular complexity index is 401.